The lowest BCUT2D eigenvalue weighted by Gasteiger charge is -2.09. The van der Waals surface area contributed by atoms with Crippen molar-refractivity contribution in [2.45, 2.75) is 23.6 Å². The molecule has 0 aliphatic heterocycles. The number of carboxylic acid groups (broad SMARTS) is 1. The molecule has 0 aliphatic rings. The van der Waals surface area contributed by atoms with Gasteiger partial charge >= 0.3 is 5.97 Å². The Kier molecular flexibility index (Phi) is 4.50. The summed E-state index contributed by atoms with van der Waals surface area (Å²) in [5.41, 5.74) is 2.07. The van der Waals surface area contributed by atoms with Crippen LogP contribution in [0.4, 0.5) is 4.39 Å². The Hall–Kier alpha value is -1.33. The third-order valence-corrected chi connectivity index (χ3v) is 4.81. The first-order chi connectivity index (χ1) is 9.40. The van der Waals surface area contributed by atoms with E-state index >= 15 is 0 Å². The fourth-order valence-electron chi connectivity index (χ4n) is 1.71. The van der Waals surface area contributed by atoms with Crippen LogP contribution in [0.3, 0.4) is 0 Å². The van der Waals surface area contributed by atoms with Gasteiger partial charge in [-0.05, 0) is 59.1 Å². The molecule has 2 rings (SSSR count). The van der Waals surface area contributed by atoms with Crippen molar-refractivity contribution in [1.29, 1.82) is 0 Å². The first-order valence-corrected chi connectivity index (χ1v) is 7.47. The van der Waals surface area contributed by atoms with Crippen molar-refractivity contribution in [2.75, 3.05) is 0 Å². The second-order valence-corrected chi connectivity index (χ2v) is 6.29. The maximum absolute atomic E-state index is 14.2. The van der Waals surface area contributed by atoms with Crippen LogP contribution in [0, 0.1) is 19.7 Å². The molecule has 0 fully saturated rings. The van der Waals surface area contributed by atoms with Crippen molar-refractivity contribution in [3.05, 3.63) is 57.3 Å². The summed E-state index contributed by atoms with van der Waals surface area (Å²) in [6, 6.07) is 8.87. The van der Waals surface area contributed by atoms with Gasteiger partial charge in [-0.1, -0.05) is 23.9 Å². The third kappa shape index (κ3) is 3.04. The highest BCUT2D eigenvalue weighted by atomic mass is 79.9. The number of hydrogen-bond acceptors (Lipinski definition) is 2. The van der Waals surface area contributed by atoms with Gasteiger partial charge in [0.1, 0.15) is 0 Å². The molecule has 0 atom stereocenters. The molecule has 2 nitrogen and oxygen atoms in total. The SMILES string of the molecule is Cc1ccc(C)c(Sc2ccc(C(=O)O)c(Br)c2F)c1. The zero-order valence-corrected chi connectivity index (χ0v) is 13.3. The molecule has 0 radical (unpaired) electrons. The van der Waals surface area contributed by atoms with E-state index in [1.807, 2.05) is 32.0 Å². The molecule has 0 heterocycles. The van der Waals surface area contributed by atoms with Crippen LogP contribution in [0.2, 0.25) is 0 Å². The van der Waals surface area contributed by atoms with Crippen molar-refractivity contribution in [3.63, 3.8) is 0 Å². The first kappa shape index (κ1) is 15.1. The average Bonchev–Trinajstić information content (AvgIpc) is 2.39. The predicted octanol–water partition coefficient (Wildman–Crippen LogP) is 5.05. The monoisotopic (exact) mass is 354 g/mol. The summed E-state index contributed by atoms with van der Waals surface area (Å²) < 4.78 is 14.2. The quantitative estimate of drug-likeness (QED) is 0.837. The maximum atomic E-state index is 14.2. The van der Waals surface area contributed by atoms with E-state index in [4.69, 9.17) is 5.11 Å². The smallest absolute Gasteiger partial charge is 0.336 e. The molecular weight excluding hydrogens is 343 g/mol. The van der Waals surface area contributed by atoms with E-state index in [1.165, 1.54) is 23.9 Å². The third-order valence-electron chi connectivity index (χ3n) is 2.84. The highest BCUT2D eigenvalue weighted by molar-refractivity contribution is 9.10. The Morgan fingerprint density at radius 1 is 1.20 bits per heavy atom. The molecule has 104 valence electrons. The summed E-state index contributed by atoms with van der Waals surface area (Å²) in [4.78, 5) is 12.3. The molecule has 1 N–H and O–H groups in total. The number of benzene rings is 2. The number of aromatic carboxylic acids is 1. The van der Waals surface area contributed by atoms with Gasteiger partial charge in [-0.2, -0.15) is 0 Å². The number of carboxylic acids is 1. The standard InChI is InChI=1S/C15H12BrFO2S/c1-8-3-4-9(2)12(7-8)20-11-6-5-10(15(18)19)13(16)14(11)17/h3-7H,1-2H3,(H,18,19). The van der Waals surface area contributed by atoms with Crippen LogP contribution >= 0.6 is 27.7 Å². The summed E-state index contributed by atoms with van der Waals surface area (Å²) in [6.45, 7) is 3.93. The summed E-state index contributed by atoms with van der Waals surface area (Å²) in [5.74, 6) is -1.70. The van der Waals surface area contributed by atoms with Gasteiger partial charge in [0.2, 0.25) is 0 Å². The molecule has 5 heteroatoms. The average molecular weight is 355 g/mol. The van der Waals surface area contributed by atoms with Gasteiger partial charge in [-0.25, -0.2) is 9.18 Å². The maximum Gasteiger partial charge on any atom is 0.336 e. The molecule has 20 heavy (non-hydrogen) atoms. The van der Waals surface area contributed by atoms with Crippen molar-refractivity contribution in [1.82, 2.24) is 0 Å². The van der Waals surface area contributed by atoms with Crippen molar-refractivity contribution >= 4 is 33.7 Å². The van der Waals surface area contributed by atoms with E-state index in [2.05, 4.69) is 15.9 Å². The van der Waals surface area contributed by atoms with Crippen LogP contribution < -0.4 is 0 Å². The van der Waals surface area contributed by atoms with Crippen LogP contribution in [0.5, 0.6) is 0 Å². The summed E-state index contributed by atoms with van der Waals surface area (Å²) >= 11 is 4.30. The molecule has 2 aromatic rings. The molecule has 0 aromatic heterocycles. The lowest BCUT2D eigenvalue weighted by molar-refractivity contribution is 0.0695. The van der Waals surface area contributed by atoms with E-state index in [9.17, 15) is 9.18 Å². The van der Waals surface area contributed by atoms with E-state index < -0.39 is 11.8 Å². The van der Waals surface area contributed by atoms with Gasteiger partial charge in [-0.15, -0.1) is 0 Å². The summed E-state index contributed by atoms with van der Waals surface area (Å²) in [6.07, 6.45) is 0. The summed E-state index contributed by atoms with van der Waals surface area (Å²) in [5, 5.41) is 8.95. The zero-order valence-electron chi connectivity index (χ0n) is 10.9. The lowest BCUT2D eigenvalue weighted by Crippen LogP contribution is -2.00. The van der Waals surface area contributed by atoms with E-state index in [0.717, 1.165) is 16.0 Å². The molecule has 2 aromatic carbocycles. The number of rotatable bonds is 3. The second kappa shape index (κ2) is 5.97. The molecular formula is C15H12BrFO2S. The Labute approximate surface area is 129 Å². The normalized spacial score (nSPS) is 10.6. The minimum atomic E-state index is -1.15. The predicted molar refractivity (Wildman–Crippen MR) is 81.1 cm³/mol. The van der Waals surface area contributed by atoms with Gasteiger partial charge in [0.05, 0.1) is 10.0 Å². The fraction of sp³-hybridized carbons (Fsp3) is 0.133. The molecule has 0 saturated carbocycles. The van der Waals surface area contributed by atoms with Crippen molar-refractivity contribution in [2.24, 2.45) is 0 Å². The van der Waals surface area contributed by atoms with Crippen LogP contribution in [-0.4, -0.2) is 11.1 Å². The van der Waals surface area contributed by atoms with E-state index in [0.29, 0.717) is 4.90 Å². The number of carbonyl (C=O) groups is 1. The Morgan fingerprint density at radius 3 is 2.55 bits per heavy atom. The fourth-order valence-corrected chi connectivity index (χ4v) is 3.40. The number of aryl methyl sites for hydroxylation is 2. The van der Waals surface area contributed by atoms with Crippen LogP contribution in [0.1, 0.15) is 21.5 Å². The van der Waals surface area contributed by atoms with Gasteiger partial charge < -0.3 is 5.11 Å². The van der Waals surface area contributed by atoms with Gasteiger partial charge in [0.15, 0.2) is 5.82 Å². The largest absolute Gasteiger partial charge is 0.478 e. The minimum absolute atomic E-state index is 0.0136. The summed E-state index contributed by atoms with van der Waals surface area (Å²) in [7, 11) is 0. The Bertz CT molecular complexity index is 686. The Morgan fingerprint density at radius 2 is 1.90 bits per heavy atom. The van der Waals surface area contributed by atoms with Crippen LogP contribution in [0.25, 0.3) is 0 Å². The molecule has 0 bridgehead atoms. The van der Waals surface area contributed by atoms with Gasteiger partial charge in [0, 0.05) is 9.79 Å². The van der Waals surface area contributed by atoms with Crippen molar-refractivity contribution in [3.8, 4) is 0 Å². The number of hydrogen-bond donors (Lipinski definition) is 1. The lowest BCUT2D eigenvalue weighted by atomic mass is 10.2. The molecule has 0 aliphatic carbocycles. The zero-order chi connectivity index (χ0) is 14.9. The highest BCUT2D eigenvalue weighted by Gasteiger charge is 2.17. The first-order valence-electron chi connectivity index (χ1n) is 5.86. The molecule has 0 saturated heterocycles. The highest BCUT2D eigenvalue weighted by Crippen LogP contribution is 2.36. The van der Waals surface area contributed by atoms with Crippen molar-refractivity contribution < 1.29 is 14.3 Å². The van der Waals surface area contributed by atoms with E-state index in [-0.39, 0.29) is 10.0 Å². The van der Waals surface area contributed by atoms with Gasteiger partial charge in [-0.3, -0.25) is 0 Å². The second-order valence-electron chi connectivity index (χ2n) is 4.42. The van der Waals surface area contributed by atoms with Crippen LogP contribution in [0.15, 0.2) is 44.6 Å². The number of halogens is 2. The van der Waals surface area contributed by atoms with Crippen LogP contribution in [-0.2, 0) is 0 Å². The topological polar surface area (TPSA) is 37.3 Å². The Balaban J connectivity index is 2.42. The van der Waals surface area contributed by atoms with Gasteiger partial charge in [0.25, 0.3) is 0 Å². The molecule has 0 amide bonds. The molecule has 0 spiro atoms. The van der Waals surface area contributed by atoms with E-state index in [1.54, 1.807) is 0 Å². The molecule has 0 unspecified atom stereocenters. The minimum Gasteiger partial charge on any atom is -0.478 e.